The van der Waals surface area contributed by atoms with Crippen molar-refractivity contribution in [3.8, 4) is 5.75 Å². The maximum Gasteiger partial charge on any atom is 0.410 e. The normalized spacial score (nSPS) is 34.3. The Labute approximate surface area is 154 Å². The van der Waals surface area contributed by atoms with E-state index in [-0.39, 0.29) is 17.7 Å². The van der Waals surface area contributed by atoms with Gasteiger partial charge in [0.15, 0.2) is 0 Å². The molecule has 0 bridgehead atoms. The second kappa shape index (κ2) is 5.27. The van der Waals surface area contributed by atoms with Crippen LogP contribution in [0.25, 0.3) is 0 Å². The zero-order chi connectivity index (χ0) is 18.1. The fourth-order valence-corrected chi connectivity index (χ4v) is 4.48. The van der Waals surface area contributed by atoms with Gasteiger partial charge in [0.05, 0.1) is 23.6 Å². The molecule has 0 radical (unpaired) electrons. The van der Waals surface area contributed by atoms with Crippen molar-refractivity contribution in [3.63, 3.8) is 0 Å². The molecule has 1 amide bonds. The minimum absolute atomic E-state index is 0.0489. The number of carbonyl (C=O) groups is 1. The molecule has 1 aromatic rings. The lowest BCUT2D eigenvalue weighted by Crippen LogP contribution is -2.57. The van der Waals surface area contributed by atoms with Gasteiger partial charge in [0.25, 0.3) is 0 Å². The summed E-state index contributed by atoms with van der Waals surface area (Å²) in [6, 6.07) is 2.10. The molecule has 3 unspecified atom stereocenters. The minimum atomic E-state index is -0.464. The van der Waals surface area contributed by atoms with Gasteiger partial charge < -0.3 is 14.4 Å². The SMILES string of the molecule is CC(C)(C)OC(=O)N1CCC12C[C@H]2Oc1cncc(N2CC3CC3C2)c1. The Kier molecular flexibility index (Phi) is 3.29. The van der Waals surface area contributed by atoms with Gasteiger partial charge in [0, 0.05) is 32.1 Å². The molecule has 1 spiro atoms. The first-order valence-electron chi connectivity index (χ1n) is 9.71. The minimum Gasteiger partial charge on any atom is -0.486 e. The topological polar surface area (TPSA) is 54.9 Å². The molecule has 4 aliphatic rings. The highest BCUT2D eigenvalue weighted by Gasteiger charge is 2.67. The zero-order valence-electron chi connectivity index (χ0n) is 15.8. The molecule has 2 saturated heterocycles. The molecule has 2 saturated carbocycles. The number of nitrogens with zero attached hydrogens (tertiary/aromatic N) is 3. The Morgan fingerprint density at radius 1 is 1.27 bits per heavy atom. The van der Waals surface area contributed by atoms with Gasteiger partial charge in [-0.2, -0.15) is 0 Å². The highest BCUT2D eigenvalue weighted by Crippen LogP contribution is 2.54. The van der Waals surface area contributed by atoms with E-state index >= 15 is 0 Å². The highest BCUT2D eigenvalue weighted by atomic mass is 16.6. The van der Waals surface area contributed by atoms with Crippen LogP contribution in [-0.4, -0.2) is 52.9 Å². The maximum atomic E-state index is 12.4. The number of piperidine rings is 1. The van der Waals surface area contributed by atoms with E-state index in [1.807, 2.05) is 31.9 Å². The van der Waals surface area contributed by atoms with Gasteiger partial charge in [0.1, 0.15) is 17.5 Å². The zero-order valence-corrected chi connectivity index (χ0v) is 15.8. The number of aromatic nitrogens is 1. The molecule has 0 N–H and O–H groups in total. The van der Waals surface area contributed by atoms with Gasteiger partial charge in [-0.25, -0.2) is 4.79 Å². The van der Waals surface area contributed by atoms with Crippen LogP contribution in [-0.2, 0) is 4.74 Å². The lowest BCUT2D eigenvalue weighted by atomic mass is 10.0. The molecule has 2 aliphatic heterocycles. The van der Waals surface area contributed by atoms with Crippen LogP contribution < -0.4 is 9.64 Å². The standard InChI is InChI=1S/C20H27N3O3/c1-19(2,3)26-18(24)23-5-4-20(23)8-17(20)25-16-7-15(9-21-10-16)22-11-13-6-14(13)12-22/h7,9-10,13-14,17H,4-6,8,11-12H2,1-3H3/t13?,14?,17-,20?/m1/s1. The molecule has 26 heavy (non-hydrogen) atoms. The Morgan fingerprint density at radius 3 is 2.69 bits per heavy atom. The van der Waals surface area contributed by atoms with Crippen LogP contribution in [0.1, 0.15) is 40.0 Å². The summed E-state index contributed by atoms with van der Waals surface area (Å²) in [5, 5.41) is 0. The van der Waals surface area contributed by atoms with Crippen molar-refractivity contribution in [1.82, 2.24) is 9.88 Å². The molecule has 6 nitrogen and oxygen atoms in total. The van der Waals surface area contributed by atoms with Crippen molar-refractivity contribution < 1.29 is 14.3 Å². The molecule has 6 heteroatoms. The summed E-state index contributed by atoms with van der Waals surface area (Å²) < 4.78 is 11.7. The van der Waals surface area contributed by atoms with Crippen molar-refractivity contribution in [1.29, 1.82) is 0 Å². The second-order valence-corrected chi connectivity index (χ2v) is 9.34. The highest BCUT2D eigenvalue weighted by molar-refractivity contribution is 5.72. The van der Waals surface area contributed by atoms with E-state index < -0.39 is 5.60 Å². The van der Waals surface area contributed by atoms with Crippen molar-refractivity contribution >= 4 is 11.8 Å². The smallest absolute Gasteiger partial charge is 0.410 e. The third kappa shape index (κ3) is 2.70. The molecule has 4 atom stereocenters. The van der Waals surface area contributed by atoms with Crippen LogP contribution in [0.3, 0.4) is 0 Å². The summed E-state index contributed by atoms with van der Waals surface area (Å²) >= 11 is 0. The predicted octanol–water partition coefficient (Wildman–Crippen LogP) is 3.07. The molecular weight excluding hydrogens is 330 g/mol. The van der Waals surface area contributed by atoms with Crippen LogP contribution in [0.5, 0.6) is 5.75 Å². The third-order valence-electron chi connectivity index (χ3n) is 6.22. The number of hydrogen-bond donors (Lipinski definition) is 0. The van der Waals surface area contributed by atoms with Crippen LogP contribution in [0.2, 0.25) is 0 Å². The van der Waals surface area contributed by atoms with Crippen LogP contribution in [0.15, 0.2) is 18.5 Å². The number of ether oxygens (including phenoxy) is 2. The molecule has 0 aromatic carbocycles. The van der Waals surface area contributed by atoms with Crippen LogP contribution in [0, 0.1) is 11.8 Å². The quantitative estimate of drug-likeness (QED) is 0.832. The Balaban J connectivity index is 1.22. The molecule has 2 aliphatic carbocycles. The number of anilines is 1. The van der Waals surface area contributed by atoms with Gasteiger partial charge in [-0.3, -0.25) is 9.88 Å². The number of rotatable bonds is 3. The lowest BCUT2D eigenvalue weighted by Gasteiger charge is -2.42. The number of carbonyl (C=O) groups excluding carboxylic acids is 1. The number of likely N-dealkylation sites (tertiary alicyclic amines) is 1. The Bertz CT molecular complexity index is 736. The summed E-state index contributed by atoms with van der Waals surface area (Å²) in [5.41, 5.74) is 0.531. The Hall–Kier alpha value is -1.98. The number of pyridine rings is 1. The fourth-order valence-electron chi connectivity index (χ4n) is 4.48. The molecule has 5 rings (SSSR count). The van der Waals surface area contributed by atoms with E-state index in [0.717, 1.165) is 55.7 Å². The van der Waals surface area contributed by atoms with E-state index in [2.05, 4.69) is 16.0 Å². The van der Waals surface area contributed by atoms with Gasteiger partial charge in [0.2, 0.25) is 0 Å². The number of hydrogen-bond acceptors (Lipinski definition) is 5. The van der Waals surface area contributed by atoms with E-state index in [4.69, 9.17) is 9.47 Å². The van der Waals surface area contributed by atoms with E-state index in [9.17, 15) is 4.79 Å². The average Bonchev–Trinajstić information content (AvgIpc) is 3.42. The van der Waals surface area contributed by atoms with Gasteiger partial charge in [-0.05, 0) is 45.4 Å². The third-order valence-corrected chi connectivity index (χ3v) is 6.22. The fraction of sp³-hybridized carbons (Fsp3) is 0.700. The predicted molar refractivity (Wildman–Crippen MR) is 97.4 cm³/mol. The Morgan fingerprint density at radius 2 is 2.04 bits per heavy atom. The van der Waals surface area contributed by atoms with Crippen LogP contribution >= 0.6 is 0 Å². The lowest BCUT2D eigenvalue weighted by molar-refractivity contribution is -0.0208. The van der Waals surface area contributed by atoms with E-state index in [1.54, 1.807) is 6.20 Å². The first-order valence-corrected chi connectivity index (χ1v) is 9.71. The molecular formula is C20H27N3O3. The first-order chi connectivity index (χ1) is 12.3. The second-order valence-electron chi connectivity index (χ2n) is 9.34. The van der Waals surface area contributed by atoms with Crippen molar-refractivity contribution in [2.45, 2.75) is 57.3 Å². The van der Waals surface area contributed by atoms with Crippen molar-refractivity contribution in [2.75, 3.05) is 24.5 Å². The molecule has 3 heterocycles. The summed E-state index contributed by atoms with van der Waals surface area (Å²) in [5.74, 6) is 2.59. The average molecular weight is 357 g/mol. The van der Waals surface area contributed by atoms with Crippen LogP contribution in [0.4, 0.5) is 10.5 Å². The first kappa shape index (κ1) is 16.2. The van der Waals surface area contributed by atoms with Gasteiger partial charge in [-0.15, -0.1) is 0 Å². The largest absolute Gasteiger partial charge is 0.486 e. The summed E-state index contributed by atoms with van der Waals surface area (Å²) in [4.78, 5) is 21.0. The maximum absolute atomic E-state index is 12.4. The summed E-state index contributed by atoms with van der Waals surface area (Å²) in [6.07, 6.45) is 6.79. The summed E-state index contributed by atoms with van der Waals surface area (Å²) in [7, 11) is 0. The molecule has 1 aromatic heterocycles. The monoisotopic (exact) mass is 357 g/mol. The van der Waals surface area contributed by atoms with E-state index in [0.29, 0.717) is 0 Å². The van der Waals surface area contributed by atoms with Crippen molar-refractivity contribution in [3.05, 3.63) is 18.5 Å². The molecule has 140 valence electrons. The van der Waals surface area contributed by atoms with Gasteiger partial charge >= 0.3 is 6.09 Å². The summed E-state index contributed by atoms with van der Waals surface area (Å²) in [6.45, 7) is 8.75. The van der Waals surface area contributed by atoms with Gasteiger partial charge in [-0.1, -0.05) is 0 Å². The van der Waals surface area contributed by atoms with E-state index in [1.165, 1.54) is 6.42 Å². The molecule has 4 fully saturated rings. The number of fused-ring (bicyclic) bond motifs is 1. The van der Waals surface area contributed by atoms with Crippen molar-refractivity contribution in [2.24, 2.45) is 11.8 Å². The number of amides is 1.